The quantitative estimate of drug-likeness (QED) is 0.631. The summed E-state index contributed by atoms with van der Waals surface area (Å²) in [6, 6.07) is -0.347. The molecule has 3 N–H and O–H groups in total. The number of hydrogen-bond acceptors (Lipinski definition) is 2. The van der Waals surface area contributed by atoms with Crippen LogP contribution in [0.4, 0.5) is 13.2 Å². The van der Waals surface area contributed by atoms with E-state index in [1.54, 1.807) is 0 Å². The number of rotatable bonds is 1. The fourth-order valence-corrected chi connectivity index (χ4v) is 1.49. The Hall–Kier alpha value is -0.290. The van der Waals surface area contributed by atoms with Crippen molar-refractivity contribution in [3.8, 4) is 0 Å². The minimum absolute atomic E-state index is 0.347. The van der Waals surface area contributed by atoms with Gasteiger partial charge in [-0.1, -0.05) is 0 Å². The lowest BCUT2D eigenvalue weighted by Crippen LogP contribution is -2.47. The van der Waals surface area contributed by atoms with E-state index in [0.29, 0.717) is 19.5 Å². The van der Waals surface area contributed by atoms with Gasteiger partial charge in [0.1, 0.15) is 0 Å². The predicted molar refractivity (Wildman–Crippen MR) is 39.6 cm³/mol. The van der Waals surface area contributed by atoms with Gasteiger partial charge in [0.15, 0.2) is 0 Å². The van der Waals surface area contributed by atoms with Crippen molar-refractivity contribution < 1.29 is 13.2 Å². The normalized spacial score (nSPS) is 32.0. The molecule has 0 aromatic rings. The second-order valence-corrected chi connectivity index (χ2v) is 3.24. The van der Waals surface area contributed by atoms with Gasteiger partial charge in [-0.05, 0) is 18.9 Å². The molecule has 0 radical (unpaired) electrons. The first kappa shape index (κ1) is 9.80. The zero-order chi connectivity index (χ0) is 9.19. The Bertz CT molecular complexity index is 146. The molecular formula is C7H13F3N2. The first-order chi connectivity index (χ1) is 5.49. The number of halogens is 3. The molecule has 1 aliphatic heterocycles. The maximum absolute atomic E-state index is 11.9. The van der Waals surface area contributed by atoms with E-state index < -0.39 is 18.5 Å². The lowest BCUT2D eigenvalue weighted by atomic mass is 9.90. The van der Waals surface area contributed by atoms with Gasteiger partial charge in [0.25, 0.3) is 0 Å². The van der Waals surface area contributed by atoms with Crippen LogP contribution in [0.15, 0.2) is 0 Å². The van der Waals surface area contributed by atoms with Crippen molar-refractivity contribution in [1.82, 2.24) is 5.32 Å². The molecule has 2 unspecified atom stereocenters. The van der Waals surface area contributed by atoms with Gasteiger partial charge in [-0.3, -0.25) is 0 Å². The largest absolute Gasteiger partial charge is 0.389 e. The average Bonchev–Trinajstić information content (AvgIpc) is 1.91. The van der Waals surface area contributed by atoms with E-state index in [9.17, 15) is 13.2 Å². The molecule has 1 saturated heterocycles. The summed E-state index contributed by atoms with van der Waals surface area (Å²) in [4.78, 5) is 0. The molecule has 0 aromatic heterocycles. The molecule has 1 fully saturated rings. The van der Waals surface area contributed by atoms with Gasteiger partial charge >= 0.3 is 6.18 Å². The third-order valence-corrected chi connectivity index (χ3v) is 2.17. The van der Waals surface area contributed by atoms with Crippen LogP contribution >= 0.6 is 0 Å². The van der Waals surface area contributed by atoms with Crippen molar-refractivity contribution in [2.45, 2.75) is 25.1 Å². The van der Waals surface area contributed by atoms with E-state index in [4.69, 9.17) is 5.73 Å². The van der Waals surface area contributed by atoms with E-state index >= 15 is 0 Å². The molecule has 1 aliphatic rings. The molecule has 0 spiro atoms. The molecule has 1 rings (SSSR count). The highest BCUT2D eigenvalue weighted by Crippen LogP contribution is 2.28. The summed E-state index contributed by atoms with van der Waals surface area (Å²) in [6.45, 7) is 1.15. The molecule has 0 saturated carbocycles. The number of alkyl halides is 3. The van der Waals surface area contributed by atoms with Crippen LogP contribution in [0.2, 0.25) is 0 Å². The monoisotopic (exact) mass is 182 g/mol. The molecule has 0 aliphatic carbocycles. The Morgan fingerprint density at radius 2 is 2.08 bits per heavy atom. The number of nitrogens with two attached hydrogens (primary N) is 1. The minimum Gasteiger partial charge on any atom is -0.326 e. The molecular weight excluding hydrogens is 169 g/mol. The van der Waals surface area contributed by atoms with Crippen molar-refractivity contribution in [1.29, 1.82) is 0 Å². The Labute approximate surface area is 69.3 Å². The topological polar surface area (TPSA) is 38.0 Å². The zero-order valence-electron chi connectivity index (χ0n) is 6.69. The standard InChI is InChI=1S/C7H13F3N2/c8-7(9,10)3-5-1-2-12-4-6(5)11/h5-6,12H,1-4,11H2. The molecule has 0 amide bonds. The lowest BCUT2D eigenvalue weighted by Gasteiger charge is -2.29. The highest BCUT2D eigenvalue weighted by molar-refractivity contribution is 4.82. The van der Waals surface area contributed by atoms with E-state index in [1.165, 1.54) is 0 Å². The summed E-state index contributed by atoms with van der Waals surface area (Å²) >= 11 is 0. The maximum atomic E-state index is 11.9. The molecule has 2 atom stereocenters. The fourth-order valence-electron chi connectivity index (χ4n) is 1.49. The highest BCUT2D eigenvalue weighted by Gasteiger charge is 2.35. The van der Waals surface area contributed by atoms with Crippen LogP contribution in [0.25, 0.3) is 0 Å². The van der Waals surface area contributed by atoms with E-state index in [0.717, 1.165) is 0 Å². The molecule has 1 heterocycles. The molecule has 2 nitrogen and oxygen atoms in total. The number of piperidine rings is 1. The van der Waals surface area contributed by atoms with Gasteiger partial charge in [-0.15, -0.1) is 0 Å². The first-order valence-corrected chi connectivity index (χ1v) is 4.02. The third kappa shape index (κ3) is 2.98. The Kier molecular flexibility index (Phi) is 2.95. The summed E-state index contributed by atoms with van der Waals surface area (Å²) < 4.78 is 35.8. The predicted octanol–water partition coefficient (Wildman–Crippen LogP) is 0.876. The Morgan fingerprint density at radius 3 is 2.58 bits per heavy atom. The van der Waals surface area contributed by atoms with Crippen LogP contribution in [0.1, 0.15) is 12.8 Å². The summed E-state index contributed by atoms with van der Waals surface area (Å²) in [7, 11) is 0. The molecule has 0 aromatic carbocycles. The van der Waals surface area contributed by atoms with E-state index in [1.807, 2.05) is 0 Å². The van der Waals surface area contributed by atoms with E-state index in [2.05, 4.69) is 5.32 Å². The number of hydrogen-bond donors (Lipinski definition) is 2. The van der Waals surface area contributed by atoms with Crippen molar-refractivity contribution in [3.63, 3.8) is 0 Å². The van der Waals surface area contributed by atoms with Crippen molar-refractivity contribution in [2.24, 2.45) is 11.7 Å². The second kappa shape index (κ2) is 3.62. The van der Waals surface area contributed by atoms with Gasteiger partial charge in [-0.25, -0.2) is 0 Å². The Balaban J connectivity index is 2.39. The smallest absolute Gasteiger partial charge is 0.326 e. The fraction of sp³-hybridized carbons (Fsp3) is 1.00. The molecule has 12 heavy (non-hydrogen) atoms. The average molecular weight is 182 g/mol. The maximum Gasteiger partial charge on any atom is 0.389 e. The summed E-state index contributed by atoms with van der Waals surface area (Å²) in [5.74, 6) is -0.397. The van der Waals surface area contributed by atoms with Crippen LogP contribution in [0.5, 0.6) is 0 Å². The minimum atomic E-state index is -4.07. The first-order valence-electron chi connectivity index (χ1n) is 4.02. The van der Waals surface area contributed by atoms with Crippen molar-refractivity contribution in [2.75, 3.05) is 13.1 Å². The lowest BCUT2D eigenvalue weighted by molar-refractivity contribution is -0.147. The van der Waals surface area contributed by atoms with Crippen LogP contribution in [0, 0.1) is 5.92 Å². The van der Waals surface area contributed by atoms with Crippen molar-refractivity contribution >= 4 is 0 Å². The third-order valence-electron chi connectivity index (χ3n) is 2.17. The second-order valence-electron chi connectivity index (χ2n) is 3.24. The van der Waals surface area contributed by atoms with Gasteiger partial charge < -0.3 is 11.1 Å². The van der Waals surface area contributed by atoms with Crippen LogP contribution in [-0.2, 0) is 0 Å². The SMILES string of the molecule is NC1CNCCC1CC(F)(F)F. The van der Waals surface area contributed by atoms with Gasteiger partial charge in [0.2, 0.25) is 0 Å². The summed E-state index contributed by atoms with van der Waals surface area (Å²) in [5, 5.41) is 2.96. The molecule has 72 valence electrons. The molecule has 0 bridgehead atoms. The van der Waals surface area contributed by atoms with Gasteiger partial charge in [-0.2, -0.15) is 13.2 Å². The highest BCUT2D eigenvalue weighted by atomic mass is 19.4. The van der Waals surface area contributed by atoms with Crippen LogP contribution in [-0.4, -0.2) is 25.3 Å². The Morgan fingerprint density at radius 1 is 1.42 bits per heavy atom. The van der Waals surface area contributed by atoms with Gasteiger partial charge in [0, 0.05) is 19.0 Å². The summed E-state index contributed by atoms with van der Waals surface area (Å²) in [5.41, 5.74) is 5.52. The van der Waals surface area contributed by atoms with Gasteiger partial charge in [0.05, 0.1) is 0 Å². The van der Waals surface area contributed by atoms with Crippen LogP contribution in [0.3, 0.4) is 0 Å². The summed E-state index contributed by atoms with van der Waals surface area (Å²) in [6.07, 6.45) is -4.28. The molecule has 5 heteroatoms. The number of nitrogens with one attached hydrogen (secondary N) is 1. The van der Waals surface area contributed by atoms with Crippen LogP contribution < -0.4 is 11.1 Å². The van der Waals surface area contributed by atoms with Crippen molar-refractivity contribution in [3.05, 3.63) is 0 Å². The van der Waals surface area contributed by atoms with E-state index in [-0.39, 0.29) is 6.04 Å². The zero-order valence-corrected chi connectivity index (χ0v) is 6.69.